The van der Waals surface area contributed by atoms with Gasteiger partial charge >= 0.3 is 17.9 Å². The molecule has 0 amide bonds. The van der Waals surface area contributed by atoms with Crippen LogP contribution in [0.5, 0.6) is 0 Å². The zero-order valence-corrected chi connectivity index (χ0v) is 15.2. The molecule has 0 aromatic rings. The highest BCUT2D eigenvalue weighted by atomic mass is 16.4. The number of quaternary nitrogens is 1. The molecule has 0 aromatic carbocycles. The molecular weight excluding hydrogens is 326 g/mol. The van der Waals surface area contributed by atoms with Crippen LogP contribution in [0.15, 0.2) is 12.2 Å². The fourth-order valence-electron chi connectivity index (χ4n) is 2.77. The Bertz CT molecular complexity index is 401. The third-order valence-electron chi connectivity index (χ3n) is 4.31. The van der Waals surface area contributed by atoms with Crippen LogP contribution in [0.1, 0.15) is 58.3 Å². The van der Waals surface area contributed by atoms with Gasteiger partial charge in [-0.2, -0.15) is 0 Å². The first-order valence-corrected chi connectivity index (χ1v) is 8.97. The number of carbonyl (C=O) groups is 3. The summed E-state index contributed by atoms with van der Waals surface area (Å²) in [5.41, 5.74) is 0. The molecule has 0 atom stereocenters. The number of aliphatic carboxylic acids is 3. The topological polar surface area (TPSA) is 112 Å². The molecule has 0 bridgehead atoms. The number of unbranched alkanes of at least 4 members (excludes halogenated alkanes) is 3. The van der Waals surface area contributed by atoms with Gasteiger partial charge in [0.2, 0.25) is 0 Å². The third-order valence-corrected chi connectivity index (χ3v) is 4.31. The fraction of sp³-hybridized carbons (Fsp3) is 0.722. The molecule has 0 fully saturated rings. The average molecular weight is 358 g/mol. The SMILES string of the molecule is CCCCC/C=C/CC[N+](CCC(=O)O)(CCC(=O)O)CCC(=O)O. The van der Waals surface area contributed by atoms with Crippen LogP contribution >= 0.6 is 0 Å². The third kappa shape index (κ3) is 13.1. The fourth-order valence-corrected chi connectivity index (χ4v) is 2.77. The van der Waals surface area contributed by atoms with Gasteiger partial charge in [-0.1, -0.05) is 31.9 Å². The number of carboxylic acids is 3. The van der Waals surface area contributed by atoms with Crippen LogP contribution in [0.2, 0.25) is 0 Å². The second-order valence-corrected chi connectivity index (χ2v) is 6.42. The van der Waals surface area contributed by atoms with Crippen molar-refractivity contribution in [2.24, 2.45) is 0 Å². The Kier molecular flexibility index (Phi) is 12.4. The molecule has 7 nitrogen and oxygen atoms in total. The quantitative estimate of drug-likeness (QED) is 0.222. The zero-order chi connectivity index (χ0) is 19.1. The number of rotatable bonds is 16. The Morgan fingerprint density at radius 2 is 1.16 bits per heavy atom. The van der Waals surface area contributed by atoms with Crippen LogP contribution in [0, 0.1) is 0 Å². The van der Waals surface area contributed by atoms with Gasteiger partial charge in [0.05, 0.1) is 45.4 Å². The lowest BCUT2D eigenvalue weighted by Crippen LogP contribution is -2.52. The predicted octanol–water partition coefficient (Wildman–Crippen LogP) is 2.75. The molecule has 7 heteroatoms. The summed E-state index contributed by atoms with van der Waals surface area (Å²) in [7, 11) is 0. The first-order chi connectivity index (χ1) is 11.8. The van der Waals surface area contributed by atoms with E-state index < -0.39 is 17.9 Å². The summed E-state index contributed by atoms with van der Waals surface area (Å²) in [6.07, 6.45) is 8.98. The Labute approximate surface area is 149 Å². The summed E-state index contributed by atoms with van der Waals surface area (Å²) >= 11 is 0. The largest absolute Gasteiger partial charge is 0.481 e. The number of hydrogen-bond donors (Lipinski definition) is 3. The monoisotopic (exact) mass is 358 g/mol. The maximum Gasteiger partial charge on any atom is 0.309 e. The van der Waals surface area contributed by atoms with E-state index in [1.165, 1.54) is 6.42 Å². The summed E-state index contributed by atoms with van der Waals surface area (Å²) in [4.78, 5) is 32.8. The highest BCUT2D eigenvalue weighted by Gasteiger charge is 2.29. The van der Waals surface area contributed by atoms with Gasteiger partial charge in [0.25, 0.3) is 0 Å². The van der Waals surface area contributed by atoms with E-state index in [-0.39, 0.29) is 43.4 Å². The van der Waals surface area contributed by atoms with E-state index in [1.807, 2.05) is 6.08 Å². The molecule has 0 saturated carbocycles. The van der Waals surface area contributed by atoms with Crippen molar-refractivity contribution in [3.8, 4) is 0 Å². The molecule has 25 heavy (non-hydrogen) atoms. The standard InChI is InChI=1S/C18H31NO6/c1-2-3-4-5-6-7-8-12-19(13-9-16(20)21,14-10-17(22)23)15-11-18(24)25/h6-7H,2-5,8-15H2,1H3,(H2-,20,21,22,23,24,25)/p+1/b7-6+. The maximum absolute atomic E-state index is 10.9. The van der Waals surface area contributed by atoms with Crippen LogP contribution in [-0.2, 0) is 14.4 Å². The summed E-state index contributed by atoms with van der Waals surface area (Å²) < 4.78 is 0.212. The Morgan fingerprint density at radius 1 is 0.720 bits per heavy atom. The maximum atomic E-state index is 10.9. The number of nitrogens with zero attached hydrogens (tertiary/aromatic N) is 1. The van der Waals surface area contributed by atoms with Gasteiger partial charge < -0.3 is 19.8 Å². The molecule has 0 aliphatic heterocycles. The molecule has 0 aliphatic rings. The Balaban J connectivity index is 4.84. The van der Waals surface area contributed by atoms with Crippen LogP contribution in [-0.4, -0.2) is 63.9 Å². The smallest absolute Gasteiger partial charge is 0.309 e. The molecule has 0 spiro atoms. The van der Waals surface area contributed by atoms with E-state index in [4.69, 9.17) is 15.3 Å². The molecule has 0 unspecified atom stereocenters. The number of hydrogen-bond acceptors (Lipinski definition) is 3. The molecule has 144 valence electrons. The molecule has 0 saturated heterocycles. The predicted molar refractivity (Wildman–Crippen MR) is 94.4 cm³/mol. The van der Waals surface area contributed by atoms with Gasteiger partial charge in [-0.15, -0.1) is 0 Å². The second kappa shape index (κ2) is 13.4. The van der Waals surface area contributed by atoms with Crippen molar-refractivity contribution < 1.29 is 34.2 Å². The summed E-state index contributed by atoms with van der Waals surface area (Å²) in [6, 6.07) is 0. The van der Waals surface area contributed by atoms with Crippen LogP contribution in [0.4, 0.5) is 0 Å². The highest BCUT2D eigenvalue weighted by Crippen LogP contribution is 2.14. The Morgan fingerprint density at radius 3 is 1.56 bits per heavy atom. The van der Waals surface area contributed by atoms with Crippen molar-refractivity contribution in [3.05, 3.63) is 12.2 Å². The van der Waals surface area contributed by atoms with Crippen LogP contribution in [0.25, 0.3) is 0 Å². The van der Waals surface area contributed by atoms with Crippen molar-refractivity contribution in [1.82, 2.24) is 0 Å². The molecule has 3 N–H and O–H groups in total. The van der Waals surface area contributed by atoms with Crippen molar-refractivity contribution in [3.63, 3.8) is 0 Å². The zero-order valence-electron chi connectivity index (χ0n) is 15.2. The molecule has 0 aliphatic carbocycles. The summed E-state index contributed by atoms with van der Waals surface area (Å²) in [6.45, 7) is 3.44. The molecule has 0 aromatic heterocycles. The van der Waals surface area contributed by atoms with Crippen molar-refractivity contribution in [2.45, 2.75) is 58.3 Å². The first kappa shape index (κ1) is 23.1. The van der Waals surface area contributed by atoms with E-state index in [1.54, 1.807) is 0 Å². The van der Waals surface area contributed by atoms with Gasteiger partial charge in [0, 0.05) is 6.42 Å². The van der Waals surface area contributed by atoms with Gasteiger partial charge in [-0.3, -0.25) is 14.4 Å². The minimum atomic E-state index is -0.955. The second-order valence-electron chi connectivity index (χ2n) is 6.42. The first-order valence-electron chi connectivity index (χ1n) is 8.97. The van der Waals surface area contributed by atoms with Gasteiger partial charge in [-0.25, -0.2) is 0 Å². The Hall–Kier alpha value is -1.89. The van der Waals surface area contributed by atoms with Gasteiger partial charge in [0.15, 0.2) is 0 Å². The number of allylic oxidation sites excluding steroid dienone is 1. The van der Waals surface area contributed by atoms with Crippen LogP contribution < -0.4 is 0 Å². The summed E-state index contributed by atoms with van der Waals surface area (Å²) in [5, 5.41) is 26.9. The minimum Gasteiger partial charge on any atom is -0.481 e. The van der Waals surface area contributed by atoms with E-state index in [0.29, 0.717) is 13.0 Å². The highest BCUT2D eigenvalue weighted by molar-refractivity contribution is 5.67. The lowest BCUT2D eigenvalue weighted by Gasteiger charge is -2.37. The lowest BCUT2D eigenvalue weighted by molar-refractivity contribution is -0.926. The van der Waals surface area contributed by atoms with Gasteiger partial charge in [-0.05, 0) is 12.8 Å². The van der Waals surface area contributed by atoms with E-state index in [0.717, 1.165) is 19.3 Å². The van der Waals surface area contributed by atoms with E-state index in [2.05, 4.69) is 13.0 Å². The molecule has 0 heterocycles. The van der Waals surface area contributed by atoms with Crippen LogP contribution in [0.3, 0.4) is 0 Å². The van der Waals surface area contributed by atoms with Gasteiger partial charge in [0.1, 0.15) is 0 Å². The number of carboxylic acid groups (broad SMARTS) is 3. The summed E-state index contributed by atoms with van der Waals surface area (Å²) in [5.74, 6) is -2.87. The molecule has 0 radical (unpaired) electrons. The van der Waals surface area contributed by atoms with Crippen molar-refractivity contribution in [1.29, 1.82) is 0 Å². The van der Waals surface area contributed by atoms with Crippen molar-refractivity contribution in [2.75, 3.05) is 26.2 Å². The minimum absolute atomic E-state index is 0.0978. The normalized spacial score (nSPS) is 11.7. The lowest BCUT2D eigenvalue weighted by atomic mass is 10.1. The average Bonchev–Trinajstić information content (AvgIpc) is 2.54. The van der Waals surface area contributed by atoms with Crippen molar-refractivity contribution >= 4 is 17.9 Å². The molecular formula is C18H32NO6+. The van der Waals surface area contributed by atoms with E-state index in [9.17, 15) is 14.4 Å². The van der Waals surface area contributed by atoms with E-state index >= 15 is 0 Å². The molecule has 0 rings (SSSR count).